The van der Waals surface area contributed by atoms with E-state index in [0.29, 0.717) is 30.6 Å². The van der Waals surface area contributed by atoms with Crippen molar-refractivity contribution >= 4 is 11.7 Å². The van der Waals surface area contributed by atoms with E-state index in [-0.39, 0.29) is 12.1 Å². The van der Waals surface area contributed by atoms with Gasteiger partial charge in [0.15, 0.2) is 0 Å². The van der Waals surface area contributed by atoms with Crippen LogP contribution in [0.1, 0.15) is 55.3 Å². The Balaban J connectivity index is 1.49. The van der Waals surface area contributed by atoms with Gasteiger partial charge in [-0.25, -0.2) is 4.79 Å². The van der Waals surface area contributed by atoms with Crippen molar-refractivity contribution in [3.05, 3.63) is 101 Å². The quantitative estimate of drug-likeness (QED) is 0.302. The zero-order valence-electron chi connectivity index (χ0n) is 20.7. The zero-order valence-corrected chi connectivity index (χ0v) is 20.7. The van der Waals surface area contributed by atoms with E-state index >= 15 is 0 Å². The molecule has 0 radical (unpaired) electrons. The molecule has 4 rings (SSSR count). The van der Waals surface area contributed by atoms with Crippen LogP contribution in [0.15, 0.2) is 83.4 Å². The predicted octanol–water partition coefficient (Wildman–Crippen LogP) is 7.01. The summed E-state index contributed by atoms with van der Waals surface area (Å²) in [4.78, 5) is 19.7. The molecule has 0 unspecified atom stereocenters. The second kappa shape index (κ2) is 11.0. The SMILES string of the molecule is Cc1ccc(-c2noc(CCN(C(=O)Nc3ccc(C(C)C)cc3)[C@H](C)c3ccccc3)n2)cc1. The Labute approximate surface area is 207 Å². The van der Waals surface area contributed by atoms with E-state index in [4.69, 9.17) is 4.52 Å². The lowest BCUT2D eigenvalue weighted by Gasteiger charge is -2.29. The Morgan fingerprint density at radius 2 is 1.60 bits per heavy atom. The highest BCUT2D eigenvalue weighted by Gasteiger charge is 2.23. The molecule has 180 valence electrons. The number of aryl methyl sites for hydroxylation is 1. The molecule has 0 saturated carbocycles. The molecule has 0 bridgehead atoms. The van der Waals surface area contributed by atoms with Crippen molar-refractivity contribution in [2.24, 2.45) is 0 Å². The van der Waals surface area contributed by atoms with Crippen LogP contribution in [0, 0.1) is 6.92 Å². The number of hydrogen-bond acceptors (Lipinski definition) is 4. The van der Waals surface area contributed by atoms with Crippen LogP contribution in [0.5, 0.6) is 0 Å². The van der Waals surface area contributed by atoms with Crippen LogP contribution >= 0.6 is 0 Å². The van der Waals surface area contributed by atoms with Gasteiger partial charge in [0.25, 0.3) is 0 Å². The van der Waals surface area contributed by atoms with Crippen LogP contribution in [-0.2, 0) is 6.42 Å². The molecule has 3 aromatic carbocycles. The maximum Gasteiger partial charge on any atom is 0.322 e. The molecule has 4 aromatic rings. The van der Waals surface area contributed by atoms with Crippen LogP contribution in [0.3, 0.4) is 0 Å². The first-order chi connectivity index (χ1) is 16.9. The maximum atomic E-state index is 13.4. The van der Waals surface area contributed by atoms with E-state index in [9.17, 15) is 4.79 Å². The number of nitrogens with zero attached hydrogens (tertiary/aromatic N) is 3. The van der Waals surface area contributed by atoms with Crippen molar-refractivity contribution in [2.75, 3.05) is 11.9 Å². The Morgan fingerprint density at radius 1 is 0.914 bits per heavy atom. The predicted molar refractivity (Wildman–Crippen MR) is 139 cm³/mol. The topological polar surface area (TPSA) is 71.3 Å². The summed E-state index contributed by atoms with van der Waals surface area (Å²) in [7, 11) is 0. The van der Waals surface area contributed by atoms with Gasteiger partial charge in [-0.1, -0.05) is 91.3 Å². The van der Waals surface area contributed by atoms with Gasteiger partial charge < -0.3 is 14.7 Å². The lowest BCUT2D eigenvalue weighted by atomic mass is 10.0. The van der Waals surface area contributed by atoms with E-state index < -0.39 is 0 Å². The third-order valence-corrected chi connectivity index (χ3v) is 6.18. The van der Waals surface area contributed by atoms with Crippen molar-refractivity contribution in [3.63, 3.8) is 0 Å². The second-order valence-electron chi connectivity index (χ2n) is 9.11. The molecule has 2 amide bonds. The standard InChI is InChI=1S/C29H32N4O2/c1-20(2)23-14-16-26(17-15-23)30-29(34)33(22(4)24-8-6-5-7-9-24)19-18-27-31-28(32-35-27)25-12-10-21(3)11-13-25/h5-17,20,22H,18-19H2,1-4H3,(H,30,34)/t22-/m1/s1. The molecule has 0 saturated heterocycles. The smallest absolute Gasteiger partial charge is 0.322 e. The highest BCUT2D eigenvalue weighted by molar-refractivity contribution is 5.89. The molecule has 35 heavy (non-hydrogen) atoms. The van der Waals surface area contributed by atoms with Gasteiger partial charge in [-0.05, 0) is 43.0 Å². The van der Waals surface area contributed by atoms with Gasteiger partial charge >= 0.3 is 6.03 Å². The first-order valence-corrected chi connectivity index (χ1v) is 12.0. The number of carbonyl (C=O) groups is 1. The third kappa shape index (κ3) is 6.15. The Hall–Kier alpha value is -3.93. The highest BCUT2D eigenvalue weighted by Crippen LogP contribution is 2.23. The zero-order chi connectivity index (χ0) is 24.8. The molecule has 0 aliphatic heterocycles. The van der Waals surface area contributed by atoms with E-state index in [0.717, 1.165) is 16.8 Å². The van der Waals surface area contributed by atoms with Gasteiger partial charge in [-0.3, -0.25) is 0 Å². The summed E-state index contributed by atoms with van der Waals surface area (Å²) in [5.41, 5.74) is 5.14. The molecule has 6 heteroatoms. The van der Waals surface area contributed by atoms with Gasteiger partial charge in [0.1, 0.15) is 0 Å². The van der Waals surface area contributed by atoms with E-state index in [1.165, 1.54) is 11.1 Å². The van der Waals surface area contributed by atoms with Crippen LogP contribution in [0.2, 0.25) is 0 Å². The fourth-order valence-corrected chi connectivity index (χ4v) is 3.92. The molecule has 0 aliphatic carbocycles. The number of benzene rings is 3. The average Bonchev–Trinajstić information content (AvgIpc) is 3.34. The Bertz CT molecular complexity index is 1230. The minimum absolute atomic E-state index is 0.134. The molecular weight excluding hydrogens is 436 g/mol. The van der Waals surface area contributed by atoms with Gasteiger partial charge in [0.2, 0.25) is 11.7 Å². The summed E-state index contributed by atoms with van der Waals surface area (Å²) in [5, 5.41) is 7.18. The van der Waals surface area contributed by atoms with Gasteiger partial charge in [0.05, 0.1) is 6.04 Å². The van der Waals surface area contributed by atoms with E-state index in [2.05, 4.69) is 41.4 Å². The summed E-state index contributed by atoms with van der Waals surface area (Å²) < 4.78 is 5.50. The minimum atomic E-state index is -0.170. The van der Waals surface area contributed by atoms with Crippen molar-refractivity contribution in [2.45, 2.75) is 46.1 Å². The molecule has 1 atom stereocenters. The lowest BCUT2D eigenvalue weighted by molar-refractivity contribution is 0.191. The van der Waals surface area contributed by atoms with Crippen LogP contribution < -0.4 is 5.32 Å². The summed E-state index contributed by atoms with van der Waals surface area (Å²) in [6.45, 7) is 8.80. The lowest BCUT2D eigenvalue weighted by Crippen LogP contribution is -2.38. The van der Waals surface area contributed by atoms with Crippen LogP contribution in [0.4, 0.5) is 10.5 Å². The minimum Gasteiger partial charge on any atom is -0.339 e. The summed E-state index contributed by atoms with van der Waals surface area (Å²) in [5.74, 6) is 1.49. The summed E-state index contributed by atoms with van der Waals surface area (Å²) >= 11 is 0. The van der Waals surface area contributed by atoms with Crippen molar-refractivity contribution in [1.29, 1.82) is 0 Å². The van der Waals surface area contributed by atoms with E-state index in [1.807, 2.05) is 80.6 Å². The fourth-order valence-electron chi connectivity index (χ4n) is 3.92. The number of carbonyl (C=O) groups excluding carboxylic acids is 1. The number of amides is 2. The van der Waals surface area contributed by atoms with Crippen molar-refractivity contribution < 1.29 is 9.32 Å². The summed E-state index contributed by atoms with van der Waals surface area (Å²) in [6.07, 6.45) is 0.454. The summed E-state index contributed by atoms with van der Waals surface area (Å²) in [6, 6.07) is 25.7. The molecule has 0 spiro atoms. The Morgan fingerprint density at radius 3 is 2.26 bits per heavy atom. The molecule has 6 nitrogen and oxygen atoms in total. The number of aromatic nitrogens is 2. The van der Waals surface area contributed by atoms with Crippen molar-refractivity contribution in [1.82, 2.24) is 15.0 Å². The number of hydrogen-bond donors (Lipinski definition) is 1. The van der Waals surface area contributed by atoms with E-state index in [1.54, 1.807) is 4.90 Å². The first kappa shape index (κ1) is 24.2. The van der Waals surface area contributed by atoms with Crippen LogP contribution in [0.25, 0.3) is 11.4 Å². The molecule has 1 heterocycles. The largest absolute Gasteiger partial charge is 0.339 e. The molecule has 0 fully saturated rings. The number of urea groups is 1. The average molecular weight is 469 g/mol. The highest BCUT2D eigenvalue weighted by atomic mass is 16.5. The van der Waals surface area contributed by atoms with Crippen LogP contribution in [-0.4, -0.2) is 27.6 Å². The third-order valence-electron chi connectivity index (χ3n) is 6.18. The molecule has 1 N–H and O–H groups in total. The number of nitrogens with one attached hydrogen (secondary N) is 1. The number of anilines is 1. The molecule has 1 aromatic heterocycles. The normalized spacial score (nSPS) is 11.9. The Kier molecular flexibility index (Phi) is 7.60. The molecular formula is C29H32N4O2. The van der Waals surface area contributed by atoms with Crippen molar-refractivity contribution in [3.8, 4) is 11.4 Å². The molecule has 0 aliphatic rings. The van der Waals surface area contributed by atoms with Gasteiger partial charge in [-0.2, -0.15) is 4.98 Å². The fraction of sp³-hybridized carbons (Fsp3) is 0.276. The van der Waals surface area contributed by atoms with Gasteiger partial charge in [-0.15, -0.1) is 0 Å². The second-order valence-corrected chi connectivity index (χ2v) is 9.11. The monoisotopic (exact) mass is 468 g/mol. The maximum absolute atomic E-state index is 13.4. The van der Waals surface area contributed by atoms with Gasteiger partial charge in [0, 0.05) is 24.2 Å². The number of rotatable bonds is 8. The first-order valence-electron chi connectivity index (χ1n) is 12.0.